The number of aryl methyl sites for hydroxylation is 2. The molecule has 0 spiro atoms. The Bertz CT molecular complexity index is 2580. The summed E-state index contributed by atoms with van der Waals surface area (Å²) in [7, 11) is 0. The minimum atomic E-state index is 0.386. The van der Waals surface area contributed by atoms with Crippen molar-refractivity contribution in [2.24, 2.45) is 23.7 Å². The normalized spacial score (nSPS) is 21.4. The van der Waals surface area contributed by atoms with Crippen molar-refractivity contribution in [2.45, 2.75) is 13.8 Å². The third-order valence-corrected chi connectivity index (χ3v) is 12.2. The molecule has 0 heteroatoms. The molecule has 6 aromatic carbocycles. The molecule has 0 nitrogen and oxygen atoms in total. The van der Waals surface area contributed by atoms with Crippen LogP contribution < -0.4 is 0 Å². The molecule has 5 aliphatic carbocycles. The van der Waals surface area contributed by atoms with Gasteiger partial charge in [0.1, 0.15) is 0 Å². The fourth-order valence-electron chi connectivity index (χ4n) is 10.3. The van der Waals surface area contributed by atoms with Crippen molar-refractivity contribution >= 4 is 22.4 Å². The van der Waals surface area contributed by atoms with Gasteiger partial charge in [0.05, 0.1) is 0 Å². The van der Waals surface area contributed by atoms with Crippen LogP contribution in [0, 0.1) is 37.5 Å². The molecular formula is C50H36. The van der Waals surface area contributed by atoms with Crippen molar-refractivity contribution in [3.05, 3.63) is 180 Å². The predicted molar refractivity (Wildman–Crippen MR) is 211 cm³/mol. The lowest BCUT2D eigenvalue weighted by Crippen LogP contribution is -2.13. The van der Waals surface area contributed by atoms with Crippen LogP contribution in [0.1, 0.15) is 22.3 Å². The number of allylic oxidation sites excluding steroid dienone is 9. The van der Waals surface area contributed by atoms with Crippen LogP contribution in [0.4, 0.5) is 0 Å². The first-order chi connectivity index (χ1) is 24.7. The summed E-state index contributed by atoms with van der Waals surface area (Å²) in [5.74, 6) is 1.84. The zero-order chi connectivity index (χ0) is 33.1. The van der Waals surface area contributed by atoms with Gasteiger partial charge in [-0.05, 0) is 138 Å². The van der Waals surface area contributed by atoms with Gasteiger partial charge in [-0.2, -0.15) is 0 Å². The largest absolute Gasteiger partial charge is 0.0799 e. The van der Waals surface area contributed by atoms with Crippen molar-refractivity contribution < 1.29 is 0 Å². The van der Waals surface area contributed by atoms with E-state index < -0.39 is 0 Å². The summed E-state index contributed by atoms with van der Waals surface area (Å²) in [5.41, 5.74) is 21.8. The van der Waals surface area contributed by atoms with Crippen LogP contribution in [-0.4, -0.2) is 0 Å². The highest BCUT2D eigenvalue weighted by Gasteiger charge is 2.47. The first kappa shape index (κ1) is 28.2. The SMILES string of the molecule is Cc1cccc(C)c1-c1cc2c3c(cccc3c1)-c1c(-c3ccccc3)c3c(c(-c4ccccc4)c1-2)C=CC1C2=C3C=CC2C2C=CC=CC12. The molecule has 0 radical (unpaired) electrons. The molecule has 0 bridgehead atoms. The van der Waals surface area contributed by atoms with Crippen molar-refractivity contribution in [3.63, 3.8) is 0 Å². The van der Waals surface area contributed by atoms with Crippen LogP contribution in [0.25, 0.3) is 78.1 Å². The van der Waals surface area contributed by atoms with Gasteiger partial charge >= 0.3 is 0 Å². The van der Waals surface area contributed by atoms with Crippen molar-refractivity contribution in [2.75, 3.05) is 0 Å². The Hall–Kier alpha value is -5.72. The lowest BCUT2D eigenvalue weighted by Gasteiger charge is -2.25. The van der Waals surface area contributed by atoms with E-state index in [1.54, 1.807) is 5.57 Å². The molecule has 0 aromatic heterocycles. The van der Waals surface area contributed by atoms with Gasteiger partial charge in [-0.15, -0.1) is 0 Å². The fraction of sp³-hybridized carbons (Fsp3) is 0.120. The summed E-state index contributed by atoms with van der Waals surface area (Å²) in [6.45, 7) is 4.50. The van der Waals surface area contributed by atoms with Crippen LogP contribution in [0.3, 0.4) is 0 Å². The molecule has 5 aliphatic rings. The second kappa shape index (κ2) is 10.4. The fourth-order valence-corrected chi connectivity index (χ4v) is 10.3. The average Bonchev–Trinajstić information content (AvgIpc) is 3.78. The Morgan fingerprint density at radius 2 is 1.06 bits per heavy atom. The molecule has 0 amide bonds. The Morgan fingerprint density at radius 1 is 0.440 bits per heavy atom. The quantitative estimate of drug-likeness (QED) is 0.181. The number of hydrogen-bond donors (Lipinski definition) is 0. The average molecular weight is 637 g/mol. The first-order valence-electron chi connectivity index (χ1n) is 18.1. The molecule has 4 unspecified atom stereocenters. The molecule has 1 saturated carbocycles. The highest BCUT2D eigenvalue weighted by atomic mass is 14.5. The minimum Gasteiger partial charge on any atom is -0.0799 e. The van der Waals surface area contributed by atoms with E-state index >= 15 is 0 Å². The van der Waals surface area contributed by atoms with Crippen molar-refractivity contribution in [3.8, 4) is 55.6 Å². The predicted octanol–water partition coefficient (Wildman–Crippen LogP) is 13.1. The number of hydrogen-bond acceptors (Lipinski definition) is 0. The zero-order valence-electron chi connectivity index (χ0n) is 28.3. The number of benzene rings is 6. The lowest BCUT2D eigenvalue weighted by atomic mass is 9.78. The Morgan fingerprint density at radius 3 is 1.76 bits per heavy atom. The molecular weight excluding hydrogens is 601 g/mol. The van der Waals surface area contributed by atoms with E-state index in [2.05, 4.69) is 172 Å². The summed E-state index contributed by atoms with van der Waals surface area (Å²) in [5, 5.41) is 2.67. The second-order valence-corrected chi connectivity index (χ2v) is 14.8. The molecule has 0 N–H and O–H groups in total. The zero-order valence-corrected chi connectivity index (χ0v) is 28.3. The van der Waals surface area contributed by atoms with Gasteiger partial charge in [0.25, 0.3) is 0 Å². The molecule has 0 saturated heterocycles. The van der Waals surface area contributed by atoms with E-state index in [0.29, 0.717) is 23.7 Å². The van der Waals surface area contributed by atoms with E-state index in [9.17, 15) is 0 Å². The van der Waals surface area contributed by atoms with Gasteiger partial charge in [0, 0.05) is 11.8 Å². The van der Waals surface area contributed by atoms with Gasteiger partial charge in [-0.3, -0.25) is 0 Å². The van der Waals surface area contributed by atoms with Crippen molar-refractivity contribution in [1.82, 2.24) is 0 Å². The Balaban J connectivity index is 1.33. The standard InChI is InChI=1S/C50H36/c1-29-13-11-14-30(2)43(29)34-27-33-19-12-22-39-44(33)42(28-34)50-45(31-15-5-3-6-16-31)40-25-23-37-35-20-9-10-21-36(35)38-24-26-41(47(37)38)48(40)46(49(39)50)32-17-7-4-8-18-32/h3-28,35-38H,1-2H3. The van der Waals surface area contributed by atoms with Crippen LogP contribution in [0.5, 0.6) is 0 Å². The van der Waals surface area contributed by atoms with Crippen LogP contribution in [-0.2, 0) is 0 Å². The summed E-state index contributed by atoms with van der Waals surface area (Å²) in [6, 6.07) is 41.0. The number of rotatable bonds is 3. The molecule has 236 valence electrons. The number of fused-ring (bicyclic) bond motifs is 8. The smallest absolute Gasteiger partial charge is 0.00644 e. The maximum Gasteiger partial charge on any atom is 0.00644 e. The molecule has 1 fully saturated rings. The lowest BCUT2D eigenvalue weighted by molar-refractivity contribution is 0.463. The first-order valence-corrected chi connectivity index (χ1v) is 18.1. The van der Waals surface area contributed by atoms with Gasteiger partial charge in [0.2, 0.25) is 0 Å². The van der Waals surface area contributed by atoms with E-state index in [1.165, 1.54) is 94.2 Å². The van der Waals surface area contributed by atoms with E-state index in [0.717, 1.165) is 0 Å². The molecule has 4 atom stereocenters. The maximum atomic E-state index is 2.56. The topological polar surface area (TPSA) is 0 Å². The van der Waals surface area contributed by atoms with Gasteiger partial charge in [-0.1, -0.05) is 146 Å². The van der Waals surface area contributed by atoms with Gasteiger partial charge < -0.3 is 0 Å². The summed E-state index contributed by atoms with van der Waals surface area (Å²) >= 11 is 0. The van der Waals surface area contributed by atoms with Gasteiger partial charge in [-0.25, -0.2) is 0 Å². The second-order valence-electron chi connectivity index (χ2n) is 14.8. The van der Waals surface area contributed by atoms with E-state index in [1.807, 2.05) is 0 Å². The van der Waals surface area contributed by atoms with Crippen LogP contribution in [0.15, 0.2) is 157 Å². The van der Waals surface area contributed by atoms with Crippen molar-refractivity contribution in [1.29, 1.82) is 0 Å². The van der Waals surface area contributed by atoms with E-state index in [-0.39, 0.29) is 0 Å². The Kier molecular flexibility index (Phi) is 5.85. The third kappa shape index (κ3) is 3.71. The maximum absolute atomic E-state index is 2.56. The highest BCUT2D eigenvalue weighted by molar-refractivity contribution is 6.24. The van der Waals surface area contributed by atoms with Crippen LogP contribution in [0.2, 0.25) is 0 Å². The Labute approximate surface area is 294 Å². The molecule has 0 heterocycles. The third-order valence-electron chi connectivity index (χ3n) is 12.2. The highest BCUT2D eigenvalue weighted by Crippen LogP contribution is 2.63. The molecule has 50 heavy (non-hydrogen) atoms. The minimum absolute atomic E-state index is 0.386. The summed E-state index contributed by atoms with van der Waals surface area (Å²) < 4.78 is 0. The molecule has 0 aliphatic heterocycles. The van der Waals surface area contributed by atoms with Crippen LogP contribution >= 0.6 is 0 Å². The summed E-state index contributed by atoms with van der Waals surface area (Å²) in [4.78, 5) is 0. The molecule has 11 rings (SSSR count). The summed E-state index contributed by atoms with van der Waals surface area (Å²) in [6.07, 6.45) is 19.5. The molecule has 6 aromatic rings. The van der Waals surface area contributed by atoms with Gasteiger partial charge in [0.15, 0.2) is 0 Å². The monoisotopic (exact) mass is 636 g/mol. The van der Waals surface area contributed by atoms with E-state index in [4.69, 9.17) is 0 Å².